The number of carbonyl (C=O) groups is 1. The third-order valence-electron chi connectivity index (χ3n) is 3.25. The summed E-state index contributed by atoms with van der Waals surface area (Å²) in [6.45, 7) is 5.54. The largest absolute Gasteiger partial charge is 0.491 e. The van der Waals surface area contributed by atoms with Crippen LogP contribution < -0.4 is 15.4 Å². The SMILES string of the molecule is CC(C)Oc1ccc(NC(=O)c2cc(NCCN(C)C)ncn2)cc1. The number of carbonyl (C=O) groups excluding carboxylic acids is 1. The highest BCUT2D eigenvalue weighted by Gasteiger charge is 2.09. The topological polar surface area (TPSA) is 79.4 Å². The zero-order valence-electron chi connectivity index (χ0n) is 15.1. The van der Waals surface area contributed by atoms with E-state index < -0.39 is 0 Å². The Balaban J connectivity index is 1.96. The predicted molar refractivity (Wildman–Crippen MR) is 99.2 cm³/mol. The second-order valence-electron chi connectivity index (χ2n) is 6.16. The van der Waals surface area contributed by atoms with Crippen LogP contribution in [0.25, 0.3) is 0 Å². The summed E-state index contributed by atoms with van der Waals surface area (Å²) in [5.74, 6) is 1.11. The van der Waals surface area contributed by atoms with E-state index in [0.717, 1.165) is 18.8 Å². The van der Waals surface area contributed by atoms with Crippen LogP contribution in [0.1, 0.15) is 24.3 Å². The quantitative estimate of drug-likeness (QED) is 0.767. The molecule has 0 aliphatic rings. The summed E-state index contributed by atoms with van der Waals surface area (Å²) < 4.78 is 5.58. The van der Waals surface area contributed by atoms with Gasteiger partial charge in [-0.15, -0.1) is 0 Å². The van der Waals surface area contributed by atoms with Gasteiger partial charge in [0.05, 0.1) is 6.10 Å². The Morgan fingerprint density at radius 2 is 1.92 bits per heavy atom. The van der Waals surface area contributed by atoms with Gasteiger partial charge in [-0.2, -0.15) is 0 Å². The van der Waals surface area contributed by atoms with Crippen LogP contribution in [0.3, 0.4) is 0 Å². The number of benzene rings is 1. The van der Waals surface area contributed by atoms with Crippen LogP contribution in [0.2, 0.25) is 0 Å². The molecular formula is C18H25N5O2. The number of likely N-dealkylation sites (N-methyl/N-ethyl adjacent to an activating group) is 1. The molecule has 1 amide bonds. The Morgan fingerprint density at radius 1 is 1.20 bits per heavy atom. The molecule has 0 bridgehead atoms. The van der Waals surface area contributed by atoms with Gasteiger partial charge in [-0.25, -0.2) is 9.97 Å². The van der Waals surface area contributed by atoms with Crippen molar-refractivity contribution in [2.75, 3.05) is 37.8 Å². The van der Waals surface area contributed by atoms with Crippen molar-refractivity contribution in [3.8, 4) is 5.75 Å². The second kappa shape index (κ2) is 8.98. The fourth-order valence-electron chi connectivity index (χ4n) is 2.07. The number of anilines is 2. The maximum Gasteiger partial charge on any atom is 0.274 e. The van der Waals surface area contributed by atoms with Crippen molar-refractivity contribution in [1.29, 1.82) is 0 Å². The zero-order valence-corrected chi connectivity index (χ0v) is 15.1. The van der Waals surface area contributed by atoms with Gasteiger partial charge in [-0.05, 0) is 52.2 Å². The van der Waals surface area contributed by atoms with E-state index in [1.54, 1.807) is 18.2 Å². The van der Waals surface area contributed by atoms with Crippen LogP contribution >= 0.6 is 0 Å². The highest BCUT2D eigenvalue weighted by Crippen LogP contribution is 2.17. The number of hydrogen-bond acceptors (Lipinski definition) is 6. The van der Waals surface area contributed by atoms with E-state index in [2.05, 4.69) is 25.5 Å². The minimum Gasteiger partial charge on any atom is -0.491 e. The summed E-state index contributed by atoms with van der Waals surface area (Å²) in [5, 5.41) is 5.99. The highest BCUT2D eigenvalue weighted by atomic mass is 16.5. The Hall–Kier alpha value is -2.67. The molecule has 134 valence electrons. The lowest BCUT2D eigenvalue weighted by Gasteiger charge is -2.12. The molecular weight excluding hydrogens is 318 g/mol. The van der Waals surface area contributed by atoms with E-state index >= 15 is 0 Å². The lowest BCUT2D eigenvalue weighted by Crippen LogP contribution is -2.21. The maximum atomic E-state index is 12.3. The van der Waals surface area contributed by atoms with Gasteiger partial charge >= 0.3 is 0 Å². The Kier molecular flexibility index (Phi) is 6.71. The molecule has 0 unspecified atom stereocenters. The molecule has 1 aromatic heterocycles. The van der Waals surface area contributed by atoms with Crippen molar-refractivity contribution >= 4 is 17.4 Å². The average molecular weight is 343 g/mol. The molecule has 7 heteroatoms. The molecule has 2 aromatic rings. The summed E-state index contributed by atoms with van der Waals surface area (Å²) in [4.78, 5) is 22.6. The van der Waals surface area contributed by atoms with Crippen molar-refractivity contribution in [1.82, 2.24) is 14.9 Å². The van der Waals surface area contributed by atoms with E-state index in [1.807, 2.05) is 40.1 Å². The molecule has 0 aliphatic heterocycles. The molecule has 1 heterocycles. The molecule has 0 saturated carbocycles. The molecule has 0 fully saturated rings. The molecule has 1 aromatic carbocycles. The molecule has 2 N–H and O–H groups in total. The third-order valence-corrected chi connectivity index (χ3v) is 3.25. The van der Waals surface area contributed by atoms with Crippen molar-refractivity contribution < 1.29 is 9.53 Å². The first-order chi connectivity index (χ1) is 11.9. The third kappa shape index (κ3) is 6.39. The molecule has 0 atom stereocenters. The molecule has 0 saturated heterocycles. The second-order valence-corrected chi connectivity index (χ2v) is 6.16. The Labute approximate surface area is 148 Å². The summed E-state index contributed by atoms with van der Waals surface area (Å²) in [5.41, 5.74) is 0.992. The first-order valence-corrected chi connectivity index (χ1v) is 8.23. The molecule has 25 heavy (non-hydrogen) atoms. The van der Waals surface area contributed by atoms with Gasteiger partial charge in [-0.3, -0.25) is 4.79 Å². The number of ether oxygens (including phenoxy) is 1. The summed E-state index contributed by atoms with van der Waals surface area (Å²) in [7, 11) is 4.00. The van der Waals surface area contributed by atoms with Crippen molar-refractivity contribution in [2.45, 2.75) is 20.0 Å². The van der Waals surface area contributed by atoms with E-state index in [-0.39, 0.29) is 12.0 Å². The first-order valence-electron chi connectivity index (χ1n) is 8.23. The van der Waals surface area contributed by atoms with Crippen LogP contribution in [0.4, 0.5) is 11.5 Å². The lowest BCUT2D eigenvalue weighted by molar-refractivity contribution is 0.102. The molecule has 0 spiro atoms. The predicted octanol–water partition coefficient (Wildman–Crippen LogP) is 2.49. The Bertz CT molecular complexity index is 686. The fraction of sp³-hybridized carbons (Fsp3) is 0.389. The molecule has 0 aliphatic carbocycles. The van der Waals surface area contributed by atoms with Gasteiger partial charge in [0.25, 0.3) is 5.91 Å². The monoisotopic (exact) mass is 343 g/mol. The number of aromatic nitrogens is 2. The van der Waals surface area contributed by atoms with Crippen LogP contribution in [-0.2, 0) is 0 Å². The average Bonchev–Trinajstić information content (AvgIpc) is 2.56. The number of nitrogens with zero attached hydrogens (tertiary/aromatic N) is 3. The number of amides is 1. The number of nitrogens with one attached hydrogen (secondary N) is 2. The first kappa shape index (κ1) is 18.7. The Morgan fingerprint density at radius 3 is 2.56 bits per heavy atom. The lowest BCUT2D eigenvalue weighted by atomic mass is 10.2. The minimum absolute atomic E-state index is 0.111. The van der Waals surface area contributed by atoms with Crippen molar-refractivity contribution in [2.24, 2.45) is 0 Å². The summed E-state index contributed by atoms with van der Waals surface area (Å²) in [6, 6.07) is 8.88. The van der Waals surface area contributed by atoms with E-state index in [1.165, 1.54) is 6.33 Å². The van der Waals surface area contributed by atoms with Gasteiger partial charge in [0, 0.05) is 24.8 Å². The van der Waals surface area contributed by atoms with Crippen LogP contribution in [-0.4, -0.2) is 54.1 Å². The fourth-order valence-corrected chi connectivity index (χ4v) is 2.07. The maximum absolute atomic E-state index is 12.3. The van der Waals surface area contributed by atoms with Gasteiger partial charge in [-0.1, -0.05) is 0 Å². The van der Waals surface area contributed by atoms with Crippen LogP contribution in [0.15, 0.2) is 36.7 Å². The molecule has 2 rings (SSSR count). The number of rotatable bonds is 8. The van der Waals surface area contributed by atoms with E-state index in [0.29, 0.717) is 17.2 Å². The zero-order chi connectivity index (χ0) is 18.2. The summed E-state index contributed by atoms with van der Waals surface area (Å²) in [6.07, 6.45) is 1.49. The van der Waals surface area contributed by atoms with Crippen LogP contribution in [0, 0.1) is 0 Å². The van der Waals surface area contributed by atoms with E-state index in [9.17, 15) is 4.79 Å². The van der Waals surface area contributed by atoms with Gasteiger partial charge in [0.15, 0.2) is 0 Å². The van der Waals surface area contributed by atoms with Gasteiger partial charge in [0.2, 0.25) is 0 Å². The molecule has 0 radical (unpaired) electrons. The molecule has 7 nitrogen and oxygen atoms in total. The smallest absolute Gasteiger partial charge is 0.274 e. The highest BCUT2D eigenvalue weighted by molar-refractivity contribution is 6.03. The summed E-state index contributed by atoms with van der Waals surface area (Å²) >= 11 is 0. The minimum atomic E-state index is -0.282. The van der Waals surface area contributed by atoms with Gasteiger partial charge in [0.1, 0.15) is 23.6 Å². The van der Waals surface area contributed by atoms with Crippen molar-refractivity contribution in [3.63, 3.8) is 0 Å². The number of hydrogen-bond donors (Lipinski definition) is 2. The van der Waals surface area contributed by atoms with Gasteiger partial charge < -0.3 is 20.3 Å². The standard InChI is InChI=1S/C18H25N5O2/c1-13(2)25-15-7-5-14(6-8-15)22-18(24)16-11-17(21-12-20-16)19-9-10-23(3)4/h5-8,11-13H,9-10H2,1-4H3,(H,22,24)(H,19,20,21). The van der Waals surface area contributed by atoms with Crippen LogP contribution in [0.5, 0.6) is 5.75 Å². The normalized spacial score (nSPS) is 10.8. The van der Waals surface area contributed by atoms with E-state index in [4.69, 9.17) is 4.74 Å². The van der Waals surface area contributed by atoms with Crippen molar-refractivity contribution in [3.05, 3.63) is 42.4 Å².